The van der Waals surface area contributed by atoms with E-state index in [0.717, 1.165) is 201 Å². The number of nitrogens with zero attached hydrogens (tertiary/aromatic N) is 11. The Kier molecular flexibility index (Phi) is 26.1. The molecule has 4 saturated heterocycles. The highest BCUT2D eigenvalue weighted by Crippen LogP contribution is 2.37. The molecule has 736 valence electrons. The van der Waals surface area contributed by atoms with Crippen molar-refractivity contribution in [3.63, 3.8) is 0 Å². The van der Waals surface area contributed by atoms with Crippen molar-refractivity contribution < 1.29 is 4.74 Å². The molecule has 4 aliphatic rings. The molecule has 0 bridgehead atoms. The van der Waals surface area contributed by atoms with E-state index in [-0.39, 0.29) is 33.4 Å². The van der Waals surface area contributed by atoms with Crippen LogP contribution in [0.15, 0.2) is 357 Å². The molecule has 0 aliphatic carbocycles. The van der Waals surface area contributed by atoms with Crippen molar-refractivity contribution in [1.29, 1.82) is 0 Å². The summed E-state index contributed by atoms with van der Waals surface area (Å²) in [6, 6.07) is 102. The molecule has 0 spiro atoms. The summed E-state index contributed by atoms with van der Waals surface area (Å²) in [5.74, 6) is 3.61. The van der Waals surface area contributed by atoms with Crippen LogP contribution in [0.25, 0.3) is 199 Å². The van der Waals surface area contributed by atoms with Crippen molar-refractivity contribution in [2.75, 3.05) is 104 Å². The number of para-hydroxylation sites is 3. The van der Waals surface area contributed by atoms with Gasteiger partial charge < -0.3 is 74.1 Å². The van der Waals surface area contributed by atoms with Gasteiger partial charge in [0.05, 0.1) is 78.6 Å². The molecule has 0 radical (unpaired) electrons. The van der Waals surface area contributed by atoms with Crippen LogP contribution in [0.5, 0.6) is 0 Å². The van der Waals surface area contributed by atoms with E-state index < -0.39 is 0 Å². The summed E-state index contributed by atoms with van der Waals surface area (Å²) in [7, 11) is 3.90. The van der Waals surface area contributed by atoms with Crippen LogP contribution >= 0.6 is 0 Å². The van der Waals surface area contributed by atoms with E-state index in [9.17, 15) is 28.8 Å². The van der Waals surface area contributed by atoms with E-state index in [1.165, 1.54) is 44.9 Å². The summed E-state index contributed by atoms with van der Waals surface area (Å²) in [5.41, 5.74) is 18.8. The number of aryl methyl sites for hydroxylation is 1. The Labute approximate surface area is 853 Å². The number of nitrogens with one attached hydrogen (secondary N) is 9. The van der Waals surface area contributed by atoms with Gasteiger partial charge in [-0.2, -0.15) is 0 Å². The van der Waals surface area contributed by atoms with Crippen LogP contribution in [0.1, 0.15) is 50.5 Å². The number of rotatable bonds is 11. The second kappa shape index (κ2) is 41.3. The minimum absolute atomic E-state index is 0.0817. The summed E-state index contributed by atoms with van der Waals surface area (Å²) in [5, 5.41) is 13.6. The number of H-pyrrole nitrogens is 9. The molecule has 9 aromatic heterocycles. The van der Waals surface area contributed by atoms with Crippen LogP contribution in [0, 0.1) is 6.92 Å². The van der Waals surface area contributed by atoms with Crippen molar-refractivity contribution in [3.8, 4) is 68.3 Å². The van der Waals surface area contributed by atoms with Gasteiger partial charge in [-0.15, -0.1) is 0 Å². The SMILES string of the molecule is CN(C)c1ccc2nc(-c3c[nH]c4ccccc34)[nH]c(=O)c2c1.Cc1ccc2nc(-c3c[nH]c4ccccc34)[nH]c(=O)c2c1.O=c1[nH]c(-c2c[nH]c3ccccc23)nc2ccc(N3CCCC3)cc12.O=c1[nH]c(-c2cccc3ccccc23)nc2ccc(N3CCCC3)cc12.O=c1[nH]c(-c2cccc3ccccc23)nc2ccc(N3CCCCC3)cc12.O=c1[nH]c(-c2cccc3ccccc23)nc2ccc(N3CCOCC3)cc12. The summed E-state index contributed by atoms with van der Waals surface area (Å²) in [4.78, 5) is 143. The number of piperidine rings is 1. The summed E-state index contributed by atoms with van der Waals surface area (Å²) < 4.78 is 5.41. The standard InChI is InChI=1S/C23H21N3O.C22H19N3O2.C22H19N3O.C20H18N4O.C18H16N4O.C17H13N3O/c27-23-20-15-17(26-13-4-1-5-14-26)11-12-21(20)24-22(25-23)19-10-6-8-16-7-2-3-9-18(16)19;26-22-19-14-16(25-10-12-27-13-11-25)8-9-20(19)23-21(24-22)18-7-3-5-15-4-1-2-6-17(15)18;26-22-19-14-16(25-12-3-4-13-25)10-11-20(19)23-21(24-22)18-9-5-7-15-6-1-2-8-17(15)18;25-20-15-11-13(24-9-3-4-10-24)7-8-18(15)22-19(23-20)16-12-21-17-6-2-1-5-14(16)17;1-22(2)11-7-8-16-13(9-11)18(23)21-17(20-16)14-10-19-15-6-4-3-5-12(14)15;1-10-6-7-15-12(8-10)17(21)20-16(19-15)13-9-18-14-5-3-2-4-11(13)14/h2-3,6-12,15H,1,4-5,13-14H2,(H,24,25,27);1-9,14H,10-13H2,(H,23,24,26);1-2,5-11,14H,3-4,12-13H2,(H,23,24,26);1-2,5-8,11-12,21H,3-4,9-10H2,(H,22,23,25);3-10,19H,1-2H3,(H,20,21,23);2-9,18H,1H3,(H,19,20,21). The number of morpholine rings is 1. The zero-order valence-electron chi connectivity index (χ0n) is 82.5. The van der Waals surface area contributed by atoms with E-state index in [1.54, 1.807) is 0 Å². The zero-order chi connectivity index (χ0) is 101. The highest BCUT2D eigenvalue weighted by Gasteiger charge is 2.24. The van der Waals surface area contributed by atoms with Crippen LogP contribution in [-0.2, 0) is 4.74 Å². The van der Waals surface area contributed by atoms with E-state index in [1.807, 2.05) is 281 Å². The number of benzene rings is 15. The predicted molar refractivity (Wildman–Crippen MR) is 606 cm³/mol. The van der Waals surface area contributed by atoms with E-state index in [0.29, 0.717) is 97.0 Å². The first-order valence-corrected chi connectivity index (χ1v) is 50.6. The number of ether oxygens (including phenoxy) is 1. The van der Waals surface area contributed by atoms with Gasteiger partial charge in [-0.05, 0) is 206 Å². The molecule has 0 unspecified atom stereocenters. The highest BCUT2D eigenvalue weighted by molar-refractivity contribution is 6.02. The lowest BCUT2D eigenvalue weighted by atomic mass is 10.0. The van der Waals surface area contributed by atoms with Crippen LogP contribution < -0.4 is 57.9 Å². The summed E-state index contributed by atoms with van der Waals surface area (Å²) >= 11 is 0. The maximum Gasteiger partial charge on any atom is 0.259 e. The topological polar surface area (TPSA) is 347 Å². The molecule has 0 amide bonds. The Morgan fingerprint density at radius 1 is 0.242 bits per heavy atom. The fourth-order valence-corrected chi connectivity index (χ4v) is 20.7. The Morgan fingerprint density at radius 3 is 0.819 bits per heavy atom. The average Bonchev–Trinajstić information content (AvgIpc) is 1.63. The fourth-order valence-electron chi connectivity index (χ4n) is 20.7. The molecule has 15 aromatic carbocycles. The first-order valence-electron chi connectivity index (χ1n) is 50.6. The molecule has 9 N–H and O–H groups in total. The molecule has 27 nitrogen and oxygen atoms in total. The molecule has 24 aromatic rings. The average molecular weight is 1960 g/mol. The first kappa shape index (κ1) is 94.1. The van der Waals surface area contributed by atoms with Crippen molar-refractivity contribution >= 4 is 159 Å². The molecule has 28 rings (SSSR count). The molecule has 4 aliphatic heterocycles. The molecular formula is C122H106N20O7. The molecule has 4 fully saturated rings. The zero-order valence-corrected chi connectivity index (χ0v) is 82.5. The number of fused-ring (bicyclic) bond motifs is 12. The van der Waals surface area contributed by atoms with Crippen LogP contribution in [0.2, 0.25) is 0 Å². The predicted octanol–water partition coefficient (Wildman–Crippen LogP) is 22.8. The molecule has 0 atom stereocenters. The Balaban J connectivity index is 0.0000000983. The lowest BCUT2D eigenvalue weighted by molar-refractivity contribution is 0.122. The molecule has 149 heavy (non-hydrogen) atoms. The van der Waals surface area contributed by atoms with Gasteiger partial charge in [0, 0.05) is 180 Å². The van der Waals surface area contributed by atoms with Gasteiger partial charge in [-0.1, -0.05) is 194 Å². The largest absolute Gasteiger partial charge is 0.378 e. The maximum atomic E-state index is 12.8. The number of aromatic nitrogens is 15. The summed E-state index contributed by atoms with van der Waals surface area (Å²) in [6.07, 6.45) is 14.2. The molecule has 27 heteroatoms. The van der Waals surface area contributed by atoms with Crippen LogP contribution in [-0.4, -0.2) is 154 Å². The monoisotopic (exact) mass is 1960 g/mol. The minimum Gasteiger partial charge on any atom is -0.378 e. The highest BCUT2D eigenvalue weighted by atomic mass is 16.5. The Morgan fingerprint density at radius 2 is 0.497 bits per heavy atom. The van der Waals surface area contributed by atoms with Gasteiger partial charge in [0.25, 0.3) is 33.4 Å². The van der Waals surface area contributed by atoms with Gasteiger partial charge in [0.1, 0.15) is 34.9 Å². The lowest BCUT2D eigenvalue weighted by Crippen LogP contribution is -2.36. The molecule has 13 heterocycles. The van der Waals surface area contributed by atoms with Crippen molar-refractivity contribution in [2.24, 2.45) is 0 Å². The molecule has 0 saturated carbocycles. The normalized spacial score (nSPS) is 13.6. The second-order valence-electron chi connectivity index (χ2n) is 38.3. The van der Waals surface area contributed by atoms with E-state index in [2.05, 4.69) is 147 Å². The van der Waals surface area contributed by atoms with Crippen molar-refractivity contribution in [2.45, 2.75) is 51.9 Å². The third kappa shape index (κ3) is 19.5. The Hall–Kier alpha value is -18.5. The smallest absolute Gasteiger partial charge is 0.259 e. The fraction of sp³-hybridized carbons (Fsp3) is 0.164. The van der Waals surface area contributed by atoms with Gasteiger partial charge in [0.15, 0.2) is 0 Å². The summed E-state index contributed by atoms with van der Waals surface area (Å²) in [6.45, 7) is 11.4. The number of hydrogen-bond donors (Lipinski definition) is 9. The van der Waals surface area contributed by atoms with Crippen molar-refractivity contribution in [1.82, 2.24) is 74.8 Å². The quantitative estimate of drug-likeness (QED) is 0.0581. The van der Waals surface area contributed by atoms with Gasteiger partial charge >= 0.3 is 0 Å². The second-order valence-corrected chi connectivity index (χ2v) is 38.3. The number of hydrogen-bond acceptors (Lipinski definition) is 18. The third-order valence-corrected chi connectivity index (χ3v) is 28.5. The van der Waals surface area contributed by atoms with Gasteiger partial charge in [-0.3, -0.25) is 28.8 Å². The lowest BCUT2D eigenvalue weighted by Gasteiger charge is -2.28. The van der Waals surface area contributed by atoms with E-state index >= 15 is 0 Å². The van der Waals surface area contributed by atoms with Gasteiger partial charge in [-0.25, -0.2) is 29.9 Å². The van der Waals surface area contributed by atoms with Crippen LogP contribution in [0.3, 0.4) is 0 Å². The minimum atomic E-state index is -0.126. The third-order valence-electron chi connectivity index (χ3n) is 28.5. The molecular weight excluding hydrogens is 1860 g/mol. The van der Waals surface area contributed by atoms with Crippen LogP contribution in [0.4, 0.5) is 28.4 Å². The first-order chi connectivity index (χ1) is 73.0. The maximum absolute atomic E-state index is 12.8. The Bertz CT molecular complexity index is 9420. The van der Waals surface area contributed by atoms with Crippen molar-refractivity contribution in [3.05, 3.63) is 396 Å². The number of aromatic amines is 9. The van der Waals surface area contributed by atoms with Gasteiger partial charge in [0.2, 0.25) is 0 Å². The van der Waals surface area contributed by atoms with E-state index in [4.69, 9.17) is 24.7 Å². The number of anilines is 5.